The third-order valence-corrected chi connectivity index (χ3v) is 8.28. The van der Waals surface area contributed by atoms with Crippen LogP contribution in [0.4, 0.5) is 13.2 Å². The maximum absolute atomic E-state index is 13.2. The van der Waals surface area contributed by atoms with Gasteiger partial charge in [0.2, 0.25) is 0 Å². The molecule has 1 saturated heterocycles. The molecule has 0 spiro atoms. The number of aromatic nitrogens is 2. The number of benzene rings is 1. The summed E-state index contributed by atoms with van der Waals surface area (Å²) < 4.78 is 70.3. The van der Waals surface area contributed by atoms with Gasteiger partial charge in [0, 0.05) is 42.9 Å². The van der Waals surface area contributed by atoms with Gasteiger partial charge in [0.05, 0.1) is 24.2 Å². The number of morpholine rings is 1. The standard InChI is InChI=1S/C24H31ClF3N3O3S.ClH/c1-30-23(24(26,27)28)12-22(29-30)17-5-9-19(10-6-17)31-13-21(15-35(2,32)33)34-14-20(31)11-16-3-7-18(25)8-4-16;/h3-4,7-8,12,17,19-21H,5-6,9-11,13-15H2,1-2H3;1H/t17?,19?,20-,21+;/m0./s1. The van der Waals surface area contributed by atoms with E-state index in [1.807, 2.05) is 24.3 Å². The molecule has 1 aliphatic heterocycles. The Balaban J connectivity index is 0.00000361. The monoisotopic (exact) mass is 569 g/mol. The second kappa shape index (κ2) is 11.6. The van der Waals surface area contributed by atoms with Crippen LogP contribution in [0.15, 0.2) is 30.3 Å². The van der Waals surface area contributed by atoms with Crippen LogP contribution in [-0.2, 0) is 34.2 Å². The zero-order chi connectivity index (χ0) is 25.4. The molecule has 0 N–H and O–H groups in total. The van der Waals surface area contributed by atoms with Gasteiger partial charge in [0.1, 0.15) is 15.5 Å². The van der Waals surface area contributed by atoms with Crippen LogP contribution < -0.4 is 0 Å². The van der Waals surface area contributed by atoms with Gasteiger partial charge in [-0.15, -0.1) is 12.4 Å². The molecule has 0 unspecified atom stereocenters. The van der Waals surface area contributed by atoms with Crippen LogP contribution >= 0.6 is 24.0 Å². The summed E-state index contributed by atoms with van der Waals surface area (Å²) in [5.41, 5.74) is 0.888. The van der Waals surface area contributed by atoms with Gasteiger partial charge in [-0.3, -0.25) is 9.58 Å². The highest BCUT2D eigenvalue weighted by molar-refractivity contribution is 7.90. The predicted molar refractivity (Wildman–Crippen MR) is 136 cm³/mol. The molecule has 0 bridgehead atoms. The Morgan fingerprint density at radius 3 is 2.33 bits per heavy atom. The van der Waals surface area contributed by atoms with E-state index in [2.05, 4.69) is 10.00 Å². The molecule has 2 atom stereocenters. The highest BCUT2D eigenvalue weighted by Gasteiger charge is 2.39. The first-order valence-corrected chi connectivity index (χ1v) is 14.2. The summed E-state index contributed by atoms with van der Waals surface area (Å²) in [6.07, 6.45) is 0.243. The number of ether oxygens (including phenoxy) is 1. The maximum atomic E-state index is 13.2. The van der Waals surface area contributed by atoms with Gasteiger partial charge in [0.25, 0.3) is 0 Å². The fourth-order valence-corrected chi connectivity index (χ4v) is 6.39. The van der Waals surface area contributed by atoms with Crippen molar-refractivity contribution >= 4 is 33.8 Å². The molecule has 202 valence electrons. The first kappa shape index (κ1) is 29.2. The smallest absolute Gasteiger partial charge is 0.374 e. The maximum Gasteiger partial charge on any atom is 0.433 e. The zero-order valence-corrected chi connectivity index (χ0v) is 22.6. The summed E-state index contributed by atoms with van der Waals surface area (Å²) in [7, 11) is -1.86. The third-order valence-electron chi connectivity index (χ3n) is 7.05. The van der Waals surface area contributed by atoms with Gasteiger partial charge >= 0.3 is 6.18 Å². The van der Waals surface area contributed by atoms with Crippen LogP contribution in [0.25, 0.3) is 0 Å². The molecule has 1 saturated carbocycles. The number of rotatable bonds is 6. The highest BCUT2D eigenvalue weighted by Crippen LogP contribution is 2.38. The fourth-order valence-electron chi connectivity index (χ4n) is 5.39. The predicted octanol–water partition coefficient (Wildman–Crippen LogP) is 4.90. The van der Waals surface area contributed by atoms with Crippen LogP contribution in [0, 0.1) is 0 Å². The summed E-state index contributed by atoms with van der Waals surface area (Å²) in [6, 6.07) is 9.14. The van der Waals surface area contributed by atoms with E-state index in [1.54, 1.807) is 0 Å². The minimum Gasteiger partial charge on any atom is -0.374 e. The largest absolute Gasteiger partial charge is 0.433 e. The SMILES string of the molecule is Cl.Cn1nc(C2CCC(N3C[C@H](CS(C)(=O)=O)OC[C@@H]3Cc3ccc(Cl)cc3)CC2)cc1C(F)(F)F. The fraction of sp³-hybridized carbons (Fsp3) is 0.625. The highest BCUT2D eigenvalue weighted by atomic mass is 35.5. The van der Waals surface area contributed by atoms with Crippen LogP contribution in [-0.4, -0.2) is 66.4 Å². The average Bonchev–Trinajstić information content (AvgIpc) is 3.18. The molecule has 2 aromatic rings. The first-order valence-electron chi connectivity index (χ1n) is 11.8. The number of alkyl halides is 3. The molecule has 1 aromatic heterocycles. The third kappa shape index (κ3) is 7.37. The Kier molecular flexibility index (Phi) is 9.41. The van der Waals surface area contributed by atoms with Crippen molar-refractivity contribution in [3.8, 4) is 0 Å². The lowest BCUT2D eigenvalue weighted by Crippen LogP contribution is -2.56. The minimum atomic E-state index is -4.42. The normalized spacial score (nSPS) is 25.9. The topological polar surface area (TPSA) is 64.4 Å². The second-order valence-corrected chi connectivity index (χ2v) is 12.4. The molecule has 1 aliphatic carbocycles. The van der Waals surface area contributed by atoms with Crippen molar-refractivity contribution in [1.29, 1.82) is 0 Å². The molecule has 2 heterocycles. The lowest BCUT2D eigenvalue weighted by Gasteiger charge is -2.46. The van der Waals surface area contributed by atoms with E-state index in [0.717, 1.165) is 42.3 Å². The van der Waals surface area contributed by atoms with Crippen molar-refractivity contribution in [3.05, 3.63) is 52.3 Å². The van der Waals surface area contributed by atoms with Crippen molar-refractivity contribution in [2.75, 3.05) is 25.2 Å². The Bertz CT molecular complexity index is 1120. The van der Waals surface area contributed by atoms with Crippen LogP contribution in [0.1, 0.15) is 48.6 Å². The second-order valence-electron chi connectivity index (χ2n) is 9.81. The number of aryl methyl sites for hydroxylation is 1. The molecule has 0 amide bonds. The van der Waals surface area contributed by atoms with E-state index in [0.29, 0.717) is 23.9 Å². The quantitative estimate of drug-likeness (QED) is 0.495. The van der Waals surface area contributed by atoms with Crippen molar-refractivity contribution < 1.29 is 26.3 Å². The number of hydrogen-bond donors (Lipinski definition) is 0. The summed E-state index contributed by atoms with van der Waals surface area (Å²) in [6.45, 7) is 0.945. The Morgan fingerprint density at radius 1 is 1.14 bits per heavy atom. The van der Waals surface area contributed by atoms with E-state index >= 15 is 0 Å². The van der Waals surface area contributed by atoms with E-state index in [1.165, 1.54) is 19.4 Å². The Labute approximate surface area is 221 Å². The van der Waals surface area contributed by atoms with Gasteiger partial charge in [0.15, 0.2) is 0 Å². The van der Waals surface area contributed by atoms with Crippen molar-refractivity contribution in [2.24, 2.45) is 7.05 Å². The van der Waals surface area contributed by atoms with Gasteiger partial charge < -0.3 is 4.74 Å². The molecule has 12 heteroatoms. The van der Waals surface area contributed by atoms with Crippen molar-refractivity contribution in [2.45, 2.75) is 62.4 Å². The lowest BCUT2D eigenvalue weighted by molar-refractivity contribution is -0.143. The summed E-state index contributed by atoms with van der Waals surface area (Å²) >= 11 is 6.02. The molecular formula is C24H32Cl2F3N3O3S. The molecule has 4 rings (SSSR count). The van der Waals surface area contributed by atoms with E-state index < -0.39 is 27.8 Å². The van der Waals surface area contributed by atoms with E-state index in [-0.39, 0.29) is 36.2 Å². The molecule has 6 nitrogen and oxygen atoms in total. The molecular weight excluding hydrogens is 538 g/mol. The Hall–Kier alpha value is -1.33. The number of nitrogens with zero attached hydrogens (tertiary/aromatic N) is 3. The van der Waals surface area contributed by atoms with Gasteiger partial charge in [-0.05, 0) is 55.9 Å². The zero-order valence-electron chi connectivity index (χ0n) is 20.2. The van der Waals surface area contributed by atoms with Crippen LogP contribution in [0.5, 0.6) is 0 Å². The summed E-state index contributed by atoms with van der Waals surface area (Å²) in [5.74, 6) is -0.0446. The van der Waals surface area contributed by atoms with Crippen molar-refractivity contribution in [3.63, 3.8) is 0 Å². The molecule has 36 heavy (non-hydrogen) atoms. The Morgan fingerprint density at radius 2 is 1.78 bits per heavy atom. The van der Waals surface area contributed by atoms with Gasteiger partial charge in [-0.2, -0.15) is 18.3 Å². The average molecular weight is 571 g/mol. The number of hydrogen-bond acceptors (Lipinski definition) is 5. The lowest BCUT2D eigenvalue weighted by atomic mass is 9.82. The van der Waals surface area contributed by atoms with Crippen molar-refractivity contribution in [1.82, 2.24) is 14.7 Å². The summed E-state index contributed by atoms with van der Waals surface area (Å²) in [4.78, 5) is 2.36. The molecule has 2 aliphatic rings. The number of halogens is 5. The molecule has 0 radical (unpaired) electrons. The molecule has 1 aromatic carbocycles. The minimum absolute atomic E-state index is 0. The van der Waals surface area contributed by atoms with Gasteiger partial charge in [-0.1, -0.05) is 23.7 Å². The van der Waals surface area contributed by atoms with Crippen LogP contribution in [0.3, 0.4) is 0 Å². The van der Waals surface area contributed by atoms with E-state index in [4.69, 9.17) is 16.3 Å². The van der Waals surface area contributed by atoms with Crippen LogP contribution in [0.2, 0.25) is 5.02 Å². The first-order chi connectivity index (χ1) is 16.4. The summed E-state index contributed by atoms with van der Waals surface area (Å²) in [5, 5.41) is 4.82. The van der Waals surface area contributed by atoms with Gasteiger partial charge in [-0.25, -0.2) is 8.42 Å². The number of sulfone groups is 1. The van der Waals surface area contributed by atoms with E-state index in [9.17, 15) is 21.6 Å². The molecule has 2 fully saturated rings.